The molecule has 2 atom stereocenters. The van der Waals surface area contributed by atoms with E-state index in [9.17, 15) is 9.59 Å². The number of carboxylic acids is 1. The first kappa shape index (κ1) is 13.9. The van der Waals surface area contributed by atoms with E-state index in [4.69, 9.17) is 10.8 Å². The van der Waals surface area contributed by atoms with E-state index in [0.717, 1.165) is 6.42 Å². The van der Waals surface area contributed by atoms with Crippen LogP contribution in [0.4, 0.5) is 0 Å². The first-order valence-corrected chi connectivity index (χ1v) is 5.29. The molecular formula is C10H20N2O3. The van der Waals surface area contributed by atoms with Gasteiger partial charge in [0.2, 0.25) is 5.91 Å². The van der Waals surface area contributed by atoms with Crippen molar-refractivity contribution in [2.45, 2.75) is 51.6 Å². The molecule has 0 aromatic carbocycles. The molecule has 0 aliphatic carbocycles. The molecule has 0 aliphatic rings. The summed E-state index contributed by atoms with van der Waals surface area (Å²) in [5.41, 5.74) is 5.60. The lowest BCUT2D eigenvalue weighted by Gasteiger charge is -2.17. The highest BCUT2D eigenvalue weighted by Gasteiger charge is 2.18. The fraction of sp³-hybridized carbons (Fsp3) is 0.800. The van der Waals surface area contributed by atoms with Crippen LogP contribution in [0.5, 0.6) is 0 Å². The molecule has 0 saturated carbocycles. The van der Waals surface area contributed by atoms with Gasteiger partial charge in [0.15, 0.2) is 0 Å². The highest BCUT2D eigenvalue weighted by molar-refractivity contribution is 5.82. The molecule has 1 amide bonds. The van der Waals surface area contributed by atoms with Crippen LogP contribution in [0.2, 0.25) is 0 Å². The Bertz CT molecular complexity index is 219. The third-order valence-corrected chi connectivity index (χ3v) is 2.20. The summed E-state index contributed by atoms with van der Waals surface area (Å²) < 4.78 is 0. The van der Waals surface area contributed by atoms with Crippen LogP contribution in [-0.4, -0.2) is 29.1 Å². The van der Waals surface area contributed by atoms with E-state index in [2.05, 4.69) is 5.32 Å². The maximum Gasteiger partial charge on any atom is 0.305 e. The molecule has 15 heavy (non-hydrogen) atoms. The fourth-order valence-corrected chi connectivity index (χ4v) is 1.26. The molecule has 0 aromatic heterocycles. The van der Waals surface area contributed by atoms with Crippen molar-refractivity contribution in [3.05, 3.63) is 0 Å². The van der Waals surface area contributed by atoms with Crippen LogP contribution < -0.4 is 11.1 Å². The molecule has 0 radical (unpaired) electrons. The Balaban J connectivity index is 4.05. The van der Waals surface area contributed by atoms with Crippen molar-refractivity contribution in [1.29, 1.82) is 0 Å². The molecule has 4 N–H and O–H groups in total. The highest BCUT2D eigenvalue weighted by atomic mass is 16.4. The molecule has 0 bridgehead atoms. The largest absolute Gasteiger partial charge is 0.481 e. The van der Waals surface area contributed by atoms with Crippen LogP contribution in [0.25, 0.3) is 0 Å². The molecule has 5 nitrogen and oxygen atoms in total. The molecule has 0 spiro atoms. The third kappa shape index (κ3) is 6.06. The van der Waals surface area contributed by atoms with Gasteiger partial charge < -0.3 is 16.2 Å². The van der Waals surface area contributed by atoms with Crippen molar-refractivity contribution in [3.8, 4) is 0 Å². The fourth-order valence-electron chi connectivity index (χ4n) is 1.26. The van der Waals surface area contributed by atoms with Crippen molar-refractivity contribution in [2.75, 3.05) is 0 Å². The summed E-state index contributed by atoms with van der Waals surface area (Å²) in [4.78, 5) is 21.9. The standard InChI is InChI=1S/C10H20N2O3/c1-3-5-8(11)10(15)12-7(4-2)6-9(13)14/h7-8H,3-6,11H2,1-2H3,(H,12,15)(H,13,14)/t7?,8-/m0/s1. The third-order valence-electron chi connectivity index (χ3n) is 2.20. The average Bonchev–Trinajstić information content (AvgIpc) is 2.16. The smallest absolute Gasteiger partial charge is 0.305 e. The number of nitrogens with two attached hydrogens (primary N) is 1. The van der Waals surface area contributed by atoms with Crippen molar-refractivity contribution in [1.82, 2.24) is 5.32 Å². The number of rotatable bonds is 7. The number of carbonyl (C=O) groups excluding carboxylic acids is 1. The Morgan fingerprint density at radius 3 is 2.40 bits per heavy atom. The lowest BCUT2D eigenvalue weighted by Crippen LogP contribution is -2.45. The Hall–Kier alpha value is -1.10. The van der Waals surface area contributed by atoms with Gasteiger partial charge in [-0.15, -0.1) is 0 Å². The number of hydrogen-bond acceptors (Lipinski definition) is 3. The lowest BCUT2D eigenvalue weighted by atomic mass is 10.1. The maximum absolute atomic E-state index is 11.5. The molecule has 0 fully saturated rings. The van der Waals surface area contributed by atoms with Gasteiger partial charge in [-0.1, -0.05) is 20.3 Å². The summed E-state index contributed by atoms with van der Waals surface area (Å²) in [6.07, 6.45) is 2.00. The molecule has 0 heterocycles. The van der Waals surface area contributed by atoms with E-state index in [1.807, 2.05) is 13.8 Å². The number of carboxylic acid groups (broad SMARTS) is 1. The second kappa shape index (κ2) is 7.23. The molecule has 0 aromatic rings. The van der Waals surface area contributed by atoms with E-state index >= 15 is 0 Å². The average molecular weight is 216 g/mol. The monoisotopic (exact) mass is 216 g/mol. The molecular weight excluding hydrogens is 196 g/mol. The van der Waals surface area contributed by atoms with E-state index in [0.29, 0.717) is 12.8 Å². The van der Waals surface area contributed by atoms with Gasteiger partial charge in [0, 0.05) is 6.04 Å². The highest BCUT2D eigenvalue weighted by Crippen LogP contribution is 2.00. The van der Waals surface area contributed by atoms with Crippen molar-refractivity contribution in [3.63, 3.8) is 0 Å². The summed E-state index contributed by atoms with van der Waals surface area (Å²) in [6, 6.07) is -0.851. The Morgan fingerprint density at radius 2 is 2.00 bits per heavy atom. The van der Waals surface area contributed by atoms with Gasteiger partial charge in [0.05, 0.1) is 12.5 Å². The summed E-state index contributed by atoms with van der Waals surface area (Å²) in [5.74, 6) is -1.17. The van der Waals surface area contributed by atoms with Crippen LogP contribution in [-0.2, 0) is 9.59 Å². The van der Waals surface area contributed by atoms with Crippen molar-refractivity contribution in [2.24, 2.45) is 5.73 Å². The topological polar surface area (TPSA) is 92.4 Å². The van der Waals surface area contributed by atoms with Crippen molar-refractivity contribution < 1.29 is 14.7 Å². The number of aliphatic carboxylic acids is 1. The molecule has 0 rings (SSSR count). The van der Waals surface area contributed by atoms with Crippen LogP contribution in [0.15, 0.2) is 0 Å². The molecule has 1 unspecified atom stereocenters. The van der Waals surface area contributed by atoms with Gasteiger partial charge in [-0.2, -0.15) is 0 Å². The van der Waals surface area contributed by atoms with Crippen LogP contribution in [0, 0.1) is 0 Å². The van der Waals surface area contributed by atoms with Gasteiger partial charge in [-0.3, -0.25) is 9.59 Å². The maximum atomic E-state index is 11.5. The zero-order valence-corrected chi connectivity index (χ0v) is 9.32. The minimum Gasteiger partial charge on any atom is -0.481 e. The van der Waals surface area contributed by atoms with Gasteiger partial charge in [-0.05, 0) is 12.8 Å². The van der Waals surface area contributed by atoms with Crippen molar-refractivity contribution >= 4 is 11.9 Å². The Labute approximate surface area is 90.0 Å². The second-order valence-corrected chi connectivity index (χ2v) is 3.61. The van der Waals surface area contributed by atoms with Gasteiger partial charge in [-0.25, -0.2) is 0 Å². The van der Waals surface area contributed by atoms with Gasteiger partial charge in [0.1, 0.15) is 0 Å². The normalized spacial score (nSPS) is 14.3. The molecule has 88 valence electrons. The number of carbonyl (C=O) groups is 2. The second-order valence-electron chi connectivity index (χ2n) is 3.61. The first-order valence-electron chi connectivity index (χ1n) is 5.29. The predicted molar refractivity (Wildman–Crippen MR) is 57.4 cm³/mol. The number of hydrogen-bond donors (Lipinski definition) is 3. The van der Waals surface area contributed by atoms with E-state index in [1.54, 1.807) is 0 Å². The Morgan fingerprint density at radius 1 is 1.40 bits per heavy atom. The number of amides is 1. The quantitative estimate of drug-likeness (QED) is 0.577. The minimum atomic E-state index is -0.911. The zero-order valence-electron chi connectivity index (χ0n) is 9.32. The summed E-state index contributed by atoms with van der Waals surface area (Å²) in [5, 5.41) is 11.2. The number of nitrogens with one attached hydrogen (secondary N) is 1. The van der Waals surface area contributed by atoms with Gasteiger partial charge in [0.25, 0.3) is 0 Å². The summed E-state index contributed by atoms with van der Waals surface area (Å²) >= 11 is 0. The van der Waals surface area contributed by atoms with E-state index in [-0.39, 0.29) is 18.4 Å². The molecule has 0 aliphatic heterocycles. The molecule has 0 saturated heterocycles. The van der Waals surface area contributed by atoms with Gasteiger partial charge >= 0.3 is 5.97 Å². The Kier molecular flexibility index (Phi) is 6.70. The first-order chi connectivity index (χ1) is 7.01. The zero-order chi connectivity index (χ0) is 11.8. The summed E-state index contributed by atoms with van der Waals surface area (Å²) in [7, 11) is 0. The van der Waals surface area contributed by atoms with E-state index in [1.165, 1.54) is 0 Å². The van der Waals surface area contributed by atoms with Crippen LogP contribution in [0.3, 0.4) is 0 Å². The molecule has 5 heteroatoms. The lowest BCUT2D eigenvalue weighted by molar-refractivity contribution is -0.137. The summed E-state index contributed by atoms with van der Waals surface area (Å²) in [6.45, 7) is 3.78. The minimum absolute atomic E-state index is 0.0545. The SMILES string of the molecule is CCC[C@H](N)C(=O)NC(CC)CC(=O)O. The van der Waals surface area contributed by atoms with Crippen LogP contribution >= 0.6 is 0 Å². The van der Waals surface area contributed by atoms with Crippen LogP contribution in [0.1, 0.15) is 39.5 Å². The van der Waals surface area contributed by atoms with E-state index < -0.39 is 12.0 Å². The predicted octanol–water partition coefficient (Wildman–Crippen LogP) is 0.483.